The molecule has 0 amide bonds. The van der Waals surface area contributed by atoms with Gasteiger partial charge in [-0.3, -0.25) is 9.78 Å². The third-order valence-electron chi connectivity index (χ3n) is 2.60. The summed E-state index contributed by atoms with van der Waals surface area (Å²) in [5.74, 6) is -0.127. The van der Waals surface area contributed by atoms with Crippen LogP contribution in [0.15, 0.2) is 47.3 Å². The Kier molecular flexibility index (Phi) is 3.55. The number of carbonyl (C=O) groups is 1. The summed E-state index contributed by atoms with van der Waals surface area (Å²) >= 11 is 0. The molecule has 0 saturated carbocycles. The van der Waals surface area contributed by atoms with Crippen LogP contribution < -0.4 is 0 Å². The highest BCUT2D eigenvalue weighted by Gasteiger charge is 2.17. The molecule has 2 heterocycles. The van der Waals surface area contributed by atoms with Crippen LogP contribution in [0.25, 0.3) is 0 Å². The van der Waals surface area contributed by atoms with E-state index in [2.05, 4.69) is 4.98 Å². The van der Waals surface area contributed by atoms with E-state index in [1.54, 1.807) is 24.7 Å². The first-order valence-corrected chi connectivity index (χ1v) is 5.40. The fourth-order valence-corrected chi connectivity index (χ4v) is 1.81. The number of nitrogens with zero attached hydrogens (tertiary/aromatic N) is 1. The Balaban J connectivity index is 2.16. The first-order valence-electron chi connectivity index (χ1n) is 5.40. The molecule has 0 saturated heterocycles. The van der Waals surface area contributed by atoms with Gasteiger partial charge in [0.25, 0.3) is 0 Å². The second kappa shape index (κ2) is 5.30. The molecule has 4 heteroatoms. The molecule has 0 fully saturated rings. The molecule has 0 radical (unpaired) electrons. The summed E-state index contributed by atoms with van der Waals surface area (Å²) in [6.07, 6.45) is 5.62. The molecule has 1 atom stereocenters. The lowest BCUT2D eigenvalue weighted by Gasteiger charge is -2.13. The Hall–Kier alpha value is -2.10. The summed E-state index contributed by atoms with van der Waals surface area (Å²) in [7, 11) is 0. The summed E-state index contributed by atoms with van der Waals surface area (Å²) in [4.78, 5) is 14.9. The molecule has 2 aromatic heterocycles. The average molecular weight is 231 g/mol. The van der Waals surface area contributed by atoms with Crippen LogP contribution in [0.1, 0.15) is 23.7 Å². The van der Waals surface area contributed by atoms with Crippen molar-refractivity contribution in [3.05, 3.63) is 54.2 Å². The molecule has 1 unspecified atom stereocenters. The summed E-state index contributed by atoms with van der Waals surface area (Å²) in [5.41, 5.74) is 0.923. The van der Waals surface area contributed by atoms with Crippen LogP contribution in [0.4, 0.5) is 0 Å². The van der Waals surface area contributed by atoms with E-state index >= 15 is 0 Å². The predicted molar refractivity (Wildman–Crippen MR) is 61.6 cm³/mol. The molecule has 88 valence electrons. The topological polar surface area (TPSA) is 63.3 Å². The summed E-state index contributed by atoms with van der Waals surface area (Å²) < 4.78 is 5.25. The van der Waals surface area contributed by atoms with Crippen molar-refractivity contribution in [2.75, 3.05) is 0 Å². The Bertz CT molecular complexity index is 465. The largest absolute Gasteiger partial charge is 0.481 e. The van der Waals surface area contributed by atoms with Gasteiger partial charge in [0.15, 0.2) is 0 Å². The van der Waals surface area contributed by atoms with Gasteiger partial charge in [0, 0.05) is 24.7 Å². The molecule has 4 nitrogen and oxygen atoms in total. The van der Waals surface area contributed by atoms with Crippen molar-refractivity contribution in [1.82, 2.24) is 4.98 Å². The zero-order valence-corrected chi connectivity index (χ0v) is 9.24. The number of hydrogen-bond donors (Lipinski definition) is 1. The minimum Gasteiger partial charge on any atom is -0.481 e. The number of hydrogen-bond acceptors (Lipinski definition) is 3. The number of carboxylic acid groups (broad SMARTS) is 1. The Labute approximate surface area is 98.9 Å². The quantitative estimate of drug-likeness (QED) is 0.858. The number of pyridine rings is 1. The van der Waals surface area contributed by atoms with Crippen LogP contribution in [-0.4, -0.2) is 16.1 Å². The SMILES string of the molecule is O=C(O)CC(Cc1ccco1)c1cccnc1. The van der Waals surface area contributed by atoms with Crippen LogP contribution in [0.2, 0.25) is 0 Å². The molecule has 0 bridgehead atoms. The molecular formula is C13H13NO3. The monoisotopic (exact) mass is 231 g/mol. The van der Waals surface area contributed by atoms with Crippen molar-refractivity contribution in [3.8, 4) is 0 Å². The minimum atomic E-state index is -0.814. The lowest BCUT2D eigenvalue weighted by Crippen LogP contribution is -2.09. The maximum atomic E-state index is 10.9. The van der Waals surface area contributed by atoms with E-state index < -0.39 is 5.97 Å². The normalized spacial score (nSPS) is 12.2. The zero-order chi connectivity index (χ0) is 12.1. The molecule has 2 aromatic rings. The minimum absolute atomic E-state index is 0.0758. The number of rotatable bonds is 5. The fraction of sp³-hybridized carbons (Fsp3) is 0.231. The number of furan rings is 1. The second-order valence-corrected chi connectivity index (χ2v) is 3.86. The van der Waals surface area contributed by atoms with E-state index in [9.17, 15) is 4.79 Å². The van der Waals surface area contributed by atoms with E-state index in [0.717, 1.165) is 11.3 Å². The van der Waals surface area contributed by atoms with Gasteiger partial charge in [0.2, 0.25) is 0 Å². The summed E-state index contributed by atoms with van der Waals surface area (Å²) in [6.45, 7) is 0. The van der Waals surface area contributed by atoms with Crippen molar-refractivity contribution in [2.24, 2.45) is 0 Å². The molecule has 0 spiro atoms. The number of aliphatic carboxylic acids is 1. The van der Waals surface area contributed by atoms with Gasteiger partial charge < -0.3 is 9.52 Å². The Morgan fingerprint density at radius 1 is 1.41 bits per heavy atom. The second-order valence-electron chi connectivity index (χ2n) is 3.86. The Morgan fingerprint density at radius 2 is 2.29 bits per heavy atom. The van der Waals surface area contributed by atoms with Crippen molar-refractivity contribution in [1.29, 1.82) is 0 Å². The molecular weight excluding hydrogens is 218 g/mol. The van der Waals surface area contributed by atoms with Gasteiger partial charge in [-0.2, -0.15) is 0 Å². The lowest BCUT2D eigenvalue weighted by atomic mass is 9.93. The molecule has 0 aliphatic carbocycles. The first-order chi connectivity index (χ1) is 8.25. The summed E-state index contributed by atoms with van der Waals surface area (Å²) in [6, 6.07) is 7.36. The molecule has 17 heavy (non-hydrogen) atoms. The predicted octanol–water partition coefficient (Wildman–Crippen LogP) is 2.48. The fourth-order valence-electron chi connectivity index (χ4n) is 1.81. The van der Waals surface area contributed by atoms with Gasteiger partial charge in [-0.1, -0.05) is 6.07 Å². The van der Waals surface area contributed by atoms with E-state index in [-0.39, 0.29) is 12.3 Å². The third-order valence-corrected chi connectivity index (χ3v) is 2.60. The molecule has 0 aliphatic rings. The van der Waals surface area contributed by atoms with Crippen LogP contribution in [0.3, 0.4) is 0 Å². The van der Waals surface area contributed by atoms with Crippen molar-refractivity contribution in [2.45, 2.75) is 18.8 Å². The average Bonchev–Trinajstić information content (AvgIpc) is 2.82. The van der Waals surface area contributed by atoms with Crippen LogP contribution >= 0.6 is 0 Å². The van der Waals surface area contributed by atoms with E-state index in [4.69, 9.17) is 9.52 Å². The smallest absolute Gasteiger partial charge is 0.303 e. The zero-order valence-electron chi connectivity index (χ0n) is 9.24. The molecule has 2 rings (SSSR count). The van der Waals surface area contributed by atoms with Gasteiger partial charge in [-0.15, -0.1) is 0 Å². The maximum absolute atomic E-state index is 10.9. The van der Waals surface area contributed by atoms with Crippen LogP contribution in [0.5, 0.6) is 0 Å². The van der Waals surface area contributed by atoms with Crippen molar-refractivity contribution >= 4 is 5.97 Å². The van der Waals surface area contributed by atoms with Crippen LogP contribution in [0, 0.1) is 0 Å². The number of aromatic nitrogens is 1. The molecule has 0 aromatic carbocycles. The van der Waals surface area contributed by atoms with Crippen molar-refractivity contribution in [3.63, 3.8) is 0 Å². The highest BCUT2D eigenvalue weighted by atomic mass is 16.4. The van der Waals surface area contributed by atoms with Gasteiger partial charge in [-0.05, 0) is 23.8 Å². The molecule has 0 aliphatic heterocycles. The highest BCUT2D eigenvalue weighted by Crippen LogP contribution is 2.23. The maximum Gasteiger partial charge on any atom is 0.303 e. The molecule has 1 N–H and O–H groups in total. The van der Waals surface area contributed by atoms with E-state index in [1.165, 1.54) is 0 Å². The van der Waals surface area contributed by atoms with Gasteiger partial charge in [0.1, 0.15) is 5.76 Å². The summed E-state index contributed by atoms with van der Waals surface area (Å²) in [5, 5.41) is 8.92. The highest BCUT2D eigenvalue weighted by molar-refractivity contribution is 5.68. The number of carboxylic acids is 1. The third kappa shape index (κ3) is 3.17. The van der Waals surface area contributed by atoms with Gasteiger partial charge in [-0.25, -0.2) is 0 Å². The van der Waals surface area contributed by atoms with Gasteiger partial charge in [0.05, 0.1) is 12.7 Å². The van der Waals surface area contributed by atoms with Gasteiger partial charge >= 0.3 is 5.97 Å². The van der Waals surface area contributed by atoms with Crippen molar-refractivity contribution < 1.29 is 14.3 Å². The van der Waals surface area contributed by atoms with E-state index in [0.29, 0.717) is 6.42 Å². The standard InChI is InChI=1S/C13H13NO3/c15-13(16)8-11(7-12-4-2-6-17-12)10-3-1-5-14-9-10/h1-6,9,11H,7-8H2,(H,15,16). The lowest BCUT2D eigenvalue weighted by molar-refractivity contribution is -0.137. The van der Waals surface area contributed by atoms with E-state index in [1.807, 2.05) is 18.2 Å². The Morgan fingerprint density at radius 3 is 2.88 bits per heavy atom. The van der Waals surface area contributed by atoms with Crippen LogP contribution in [-0.2, 0) is 11.2 Å². The first kappa shape index (κ1) is 11.4.